The number of benzene rings is 1. The maximum absolute atomic E-state index is 14.3. The van der Waals surface area contributed by atoms with Crippen molar-refractivity contribution >= 4 is 47.4 Å². The van der Waals surface area contributed by atoms with E-state index in [0.29, 0.717) is 17.0 Å². The van der Waals surface area contributed by atoms with Crippen molar-refractivity contribution in [3.63, 3.8) is 0 Å². The van der Waals surface area contributed by atoms with Crippen LogP contribution in [0.5, 0.6) is 0 Å². The summed E-state index contributed by atoms with van der Waals surface area (Å²) in [5, 5.41) is 32.8. The Balaban J connectivity index is 1.89. The van der Waals surface area contributed by atoms with Crippen LogP contribution in [0.1, 0.15) is 62.9 Å². The van der Waals surface area contributed by atoms with E-state index in [0.717, 1.165) is 0 Å². The average Bonchev–Trinajstić information content (AvgIpc) is 3.91. The SMILES string of the molecule is CC(C)C[C@H](NC(=O)[C@H](Cc1c[nH]cn1)NC(=O)[C@H](Cc1ccccc1)NC(=O)[C@H](CCCNC(=N)N)NC(=O)[C@@H](N)Cc1c[nH]cn1)C(=O)N[C@@H](CCC(N)=O)C(=O)O. The normalized spacial score (nSPS) is 14.0. The molecule has 6 amide bonds. The van der Waals surface area contributed by atoms with E-state index in [1.807, 2.05) is 0 Å². The third kappa shape index (κ3) is 16.9. The predicted molar refractivity (Wildman–Crippen MR) is 217 cm³/mol. The van der Waals surface area contributed by atoms with Gasteiger partial charge in [0.25, 0.3) is 0 Å². The van der Waals surface area contributed by atoms with Crippen LogP contribution < -0.4 is 49.1 Å². The number of aromatic amines is 2. The number of H-pyrrole nitrogens is 2. The molecular weight excluding hydrogens is 781 g/mol. The second-order valence-corrected chi connectivity index (χ2v) is 14.6. The molecule has 3 rings (SSSR count). The van der Waals surface area contributed by atoms with Crippen molar-refractivity contribution in [1.82, 2.24) is 51.8 Å². The number of carboxylic acid groups (broad SMARTS) is 1. The third-order valence-corrected chi connectivity index (χ3v) is 9.09. The number of rotatable bonds is 26. The number of nitrogens with one attached hydrogen (secondary N) is 9. The van der Waals surface area contributed by atoms with Crippen LogP contribution in [0.4, 0.5) is 0 Å². The minimum Gasteiger partial charge on any atom is -0.480 e. The molecule has 6 atom stereocenters. The van der Waals surface area contributed by atoms with Gasteiger partial charge in [0.2, 0.25) is 35.4 Å². The predicted octanol–water partition coefficient (Wildman–Crippen LogP) is -2.43. The lowest BCUT2D eigenvalue weighted by atomic mass is 10.0. The minimum absolute atomic E-state index is 0.0410. The van der Waals surface area contributed by atoms with Gasteiger partial charge in [0.15, 0.2) is 5.96 Å². The highest BCUT2D eigenvalue weighted by atomic mass is 16.4. The van der Waals surface area contributed by atoms with Gasteiger partial charge in [0.1, 0.15) is 30.2 Å². The summed E-state index contributed by atoms with van der Waals surface area (Å²) in [7, 11) is 0. The maximum Gasteiger partial charge on any atom is 0.326 e. The van der Waals surface area contributed by atoms with E-state index in [9.17, 15) is 38.7 Å². The van der Waals surface area contributed by atoms with Crippen LogP contribution in [-0.2, 0) is 52.8 Å². The molecule has 0 saturated heterocycles. The second kappa shape index (κ2) is 24.2. The number of aliphatic carboxylic acids is 1. The Hall–Kier alpha value is -6.84. The summed E-state index contributed by atoms with van der Waals surface area (Å²) in [4.78, 5) is 106. The van der Waals surface area contributed by atoms with Crippen LogP contribution in [-0.4, -0.2) is 115 Å². The van der Waals surface area contributed by atoms with E-state index < -0.39 is 77.7 Å². The Kier molecular flexibility index (Phi) is 19.1. The molecular formula is C38H56N14O8. The molecule has 0 saturated carbocycles. The van der Waals surface area contributed by atoms with Gasteiger partial charge in [-0.1, -0.05) is 44.2 Å². The van der Waals surface area contributed by atoms with Crippen LogP contribution in [0.15, 0.2) is 55.4 Å². The number of hydrogen-bond donors (Lipinski definition) is 13. The Morgan fingerprint density at radius 3 is 1.75 bits per heavy atom. The molecule has 16 N–H and O–H groups in total. The van der Waals surface area contributed by atoms with Gasteiger partial charge in [0, 0.05) is 44.6 Å². The minimum atomic E-state index is -1.47. The first kappa shape index (κ1) is 47.5. The number of guanidine groups is 1. The van der Waals surface area contributed by atoms with Gasteiger partial charge >= 0.3 is 5.97 Å². The fourth-order valence-electron chi connectivity index (χ4n) is 6.01. The smallest absolute Gasteiger partial charge is 0.326 e. The van der Waals surface area contributed by atoms with E-state index in [-0.39, 0.29) is 69.8 Å². The maximum atomic E-state index is 14.3. The number of carbonyl (C=O) groups is 7. The number of imidazole rings is 2. The summed E-state index contributed by atoms with van der Waals surface area (Å²) in [6.45, 7) is 3.78. The van der Waals surface area contributed by atoms with E-state index in [2.05, 4.69) is 51.8 Å². The van der Waals surface area contributed by atoms with E-state index in [4.69, 9.17) is 22.6 Å². The Morgan fingerprint density at radius 2 is 1.22 bits per heavy atom. The summed E-state index contributed by atoms with van der Waals surface area (Å²) in [6.07, 6.45) is 5.61. The summed E-state index contributed by atoms with van der Waals surface area (Å²) >= 11 is 0. The van der Waals surface area contributed by atoms with Crippen molar-refractivity contribution in [2.75, 3.05) is 6.54 Å². The number of carboxylic acids is 1. The third-order valence-electron chi connectivity index (χ3n) is 9.09. The van der Waals surface area contributed by atoms with Crippen LogP contribution in [0, 0.1) is 11.3 Å². The molecule has 326 valence electrons. The standard InChI is InChI=1S/C38H56N14O8/c1-21(2)13-28(34(56)49-27(37(59)60)10-11-31(40)53)50-36(58)30(16-24-18-44-20-47-24)52-35(57)29(14-22-7-4-3-5-8-22)51-33(55)26(9-6-12-45-38(41)42)48-32(54)25(39)15-23-17-43-19-46-23/h3-5,7-8,17-21,25-30H,6,9-16,39H2,1-2H3,(H2,40,53)(H,43,46)(H,44,47)(H,48,54)(H,49,56)(H,50,58)(H,51,55)(H,52,57)(H,59,60)(H4,41,42,45)/t25-,26-,27-,28-,29-,30-/m0/s1. The van der Waals surface area contributed by atoms with Crippen molar-refractivity contribution in [2.24, 2.45) is 23.1 Å². The summed E-state index contributed by atoms with van der Waals surface area (Å²) in [5.41, 5.74) is 18.3. The van der Waals surface area contributed by atoms with Crippen LogP contribution in [0.25, 0.3) is 0 Å². The molecule has 3 aromatic rings. The number of aromatic nitrogens is 4. The molecule has 0 fully saturated rings. The zero-order chi connectivity index (χ0) is 44.2. The first-order valence-corrected chi connectivity index (χ1v) is 19.4. The Labute approximate surface area is 346 Å². The number of hydrogen-bond acceptors (Lipinski definition) is 11. The van der Waals surface area contributed by atoms with E-state index in [1.165, 1.54) is 18.9 Å². The lowest BCUT2D eigenvalue weighted by Crippen LogP contribution is -2.60. The zero-order valence-corrected chi connectivity index (χ0v) is 33.5. The molecule has 0 bridgehead atoms. The molecule has 0 radical (unpaired) electrons. The average molecular weight is 837 g/mol. The molecule has 60 heavy (non-hydrogen) atoms. The van der Waals surface area contributed by atoms with Gasteiger partial charge in [-0.15, -0.1) is 0 Å². The van der Waals surface area contributed by atoms with Crippen LogP contribution >= 0.6 is 0 Å². The Morgan fingerprint density at radius 1 is 0.700 bits per heavy atom. The molecule has 2 heterocycles. The van der Waals surface area contributed by atoms with Crippen molar-refractivity contribution in [2.45, 2.75) is 101 Å². The van der Waals surface area contributed by atoms with Gasteiger partial charge in [-0.25, -0.2) is 14.8 Å². The van der Waals surface area contributed by atoms with Gasteiger partial charge in [-0.05, 0) is 37.2 Å². The lowest BCUT2D eigenvalue weighted by molar-refractivity contribution is -0.142. The fourth-order valence-corrected chi connectivity index (χ4v) is 6.01. The number of nitrogens with two attached hydrogens (primary N) is 3. The summed E-state index contributed by atoms with van der Waals surface area (Å²) in [6, 6.07) is 1.08. The zero-order valence-electron chi connectivity index (χ0n) is 33.5. The quantitative estimate of drug-likeness (QED) is 0.0228. The van der Waals surface area contributed by atoms with Crippen LogP contribution in [0.3, 0.4) is 0 Å². The molecule has 2 aromatic heterocycles. The van der Waals surface area contributed by atoms with Crippen molar-refractivity contribution in [3.8, 4) is 0 Å². The molecule has 0 aliphatic carbocycles. The topological polar surface area (TPSA) is 371 Å². The molecule has 0 spiro atoms. The lowest BCUT2D eigenvalue weighted by Gasteiger charge is -2.27. The monoisotopic (exact) mass is 836 g/mol. The van der Waals surface area contributed by atoms with Crippen molar-refractivity contribution < 1.29 is 38.7 Å². The summed E-state index contributed by atoms with van der Waals surface area (Å²) < 4.78 is 0. The number of carbonyl (C=O) groups excluding carboxylic acids is 6. The molecule has 1 aromatic carbocycles. The first-order valence-electron chi connectivity index (χ1n) is 19.4. The highest BCUT2D eigenvalue weighted by molar-refractivity contribution is 5.96. The molecule has 22 heteroatoms. The first-order chi connectivity index (χ1) is 28.5. The van der Waals surface area contributed by atoms with Crippen LogP contribution in [0.2, 0.25) is 0 Å². The van der Waals surface area contributed by atoms with Gasteiger partial charge in [-0.2, -0.15) is 0 Å². The largest absolute Gasteiger partial charge is 0.480 e. The van der Waals surface area contributed by atoms with E-state index >= 15 is 0 Å². The molecule has 0 aliphatic heterocycles. The highest BCUT2D eigenvalue weighted by Crippen LogP contribution is 2.11. The fraction of sp³-hybridized carbons (Fsp3) is 0.474. The number of primary amides is 1. The molecule has 22 nitrogen and oxygen atoms in total. The van der Waals surface area contributed by atoms with Gasteiger partial charge < -0.3 is 64.2 Å². The molecule has 0 unspecified atom stereocenters. The van der Waals surface area contributed by atoms with Gasteiger partial charge in [0.05, 0.1) is 30.1 Å². The number of amides is 6. The van der Waals surface area contributed by atoms with Crippen molar-refractivity contribution in [1.29, 1.82) is 5.41 Å². The Bertz CT molecular complexity index is 1870. The van der Waals surface area contributed by atoms with Gasteiger partial charge in [-0.3, -0.25) is 34.2 Å². The molecule has 0 aliphatic rings. The number of nitrogens with zero attached hydrogens (tertiary/aromatic N) is 2. The van der Waals surface area contributed by atoms with Crippen molar-refractivity contribution in [3.05, 3.63) is 72.3 Å². The summed E-state index contributed by atoms with van der Waals surface area (Å²) in [5.74, 6) is -6.42. The highest BCUT2D eigenvalue weighted by Gasteiger charge is 2.34. The second-order valence-electron chi connectivity index (χ2n) is 14.6. The van der Waals surface area contributed by atoms with E-state index in [1.54, 1.807) is 50.4 Å².